The van der Waals surface area contributed by atoms with Crippen LogP contribution in [0.3, 0.4) is 0 Å². The zero-order valence-corrected chi connectivity index (χ0v) is 16.3. The summed E-state index contributed by atoms with van der Waals surface area (Å²) in [7, 11) is 0. The van der Waals surface area contributed by atoms with Gasteiger partial charge in [-0.3, -0.25) is 0 Å². The van der Waals surface area contributed by atoms with Crippen molar-refractivity contribution < 1.29 is 4.74 Å². The van der Waals surface area contributed by atoms with Crippen molar-refractivity contribution in [2.24, 2.45) is 0 Å². The molecule has 1 atom stereocenters. The van der Waals surface area contributed by atoms with E-state index in [-0.39, 0.29) is 12.4 Å². The van der Waals surface area contributed by atoms with E-state index < -0.39 is 0 Å². The lowest BCUT2D eigenvalue weighted by Gasteiger charge is -2.23. The van der Waals surface area contributed by atoms with Crippen LogP contribution in [0.4, 0.5) is 0 Å². The highest BCUT2D eigenvalue weighted by atomic mass is 79.9. The van der Waals surface area contributed by atoms with Crippen molar-refractivity contribution in [3.05, 3.63) is 39.3 Å². The topological polar surface area (TPSA) is 21.3 Å². The SMILES string of the molecule is Brc1ccc2c(Br)c(OCCC3CCCCN3)ccc2c1.Cl. The molecule has 120 valence electrons. The van der Waals surface area contributed by atoms with Crippen molar-refractivity contribution in [3.8, 4) is 5.75 Å². The van der Waals surface area contributed by atoms with Gasteiger partial charge in [0.25, 0.3) is 0 Å². The van der Waals surface area contributed by atoms with Crippen molar-refractivity contribution in [1.82, 2.24) is 5.32 Å². The number of hydrogen-bond donors (Lipinski definition) is 1. The molecule has 0 aromatic heterocycles. The second kappa shape index (κ2) is 8.53. The lowest BCUT2D eigenvalue weighted by molar-refractivity contribution is 0.267. The minimum Gasteiger partial charge on any atom is -0.492 e. The van der Waals surface area contributed by atoms with Crippen molar-refractivity contribution in [3.63, 3.8) is 0 Å². The Balaban J connectivity index is 0.00000176. The number of benzene rings is 2. The third kappa shape index (κ3) is 4.38. The van der Waals surface area contributed by atoms with Gasteiger partial charge in [0, 0.05) is 10.5 Å². The smallest absolute Gasteiger partial charge is 0.134 e. The molecule has 1 aliphatic rings. The number of fused-ring (bicyclic) bond motifs is 1. The average molecular weight is 450 g/mol. The summed E-state index contributed by atoms with van der Waals surface area (Å²) in [6.45, 7) is 1.91. The molecule has 1 fully saturated rings. The van der Waals surface area contributed by atoms with Crippen LogP contribution >= 0.6 is 44.3 Å². The van der Waals surface area contributed by atoms with Crippen LogP contribution in [0.25, 0.3) is 10.8 Å². The maximum absolute atomic E-state index is 5.98. The summed E-state index contributed by atoms with van der Waals surface area (Å²) >= 11 is 7.18. The van der Waals surface area contributed by atoms with Crippen LogP contribution in [0.15, 0.2) is 39.3 Å². The molecule has 0 radical (unpaired) electrons. The molecule has 1 N–H and O–H groups in total. The number of nitrogens with one attached hydrogen (secondary N) is 1. The number of piperidine rings is 1. The summed E-state index contributed by atoms with van der Waals surface area (Å²) in [6, 6.07) is 11.1. The minimum atomic E-state index is 0. The Morgan fingerprint density at radius 1 is 1.14 bits per heavy atom. The van der Waals surface area contributed by atoms with E-state index in [9.17, 15) is 0 Å². The third-order valence-corrected chi connectivity index (χ3v) is 5.33. The summed E-state index contributed by atoms with van der Waals surface area (Å²) < 4.78 is 8.12. The van der Waals surface area contributed by atoms with Gasteiger partial charge in [-0.1, -0.05) is 34.5 Å². The van der Waals surface area contributed by atoms with Gasteiger partial charge in [-0.25, -0.2) is 0 Å². The normalized spacial score (nSPS) is 18.0. The minimum absolute atomic E-state index is 0. The van der Waals surface area contributed by atoms with E-state index in [0.717, 1.165) is 34.3 Å². The van der Waals surface area contributed by atoms with Crippen LogP contribution in [0.1, 0.15) is 25.7 Å². The maximum atomic E-state index is 5.98. The molecule has 22 heavy (non-hydrogen) atoms. The molecule has 2 aromatic rings. The van der Waals surface area contributed by atoms with E-state index in [4.69, 9.17) is 4.74 Å². The molecule has 0 bridgehead atoms. The van der Waals surface area contributed by atoms with Gasteiger partial charge in [-0.15, -0.1) is 12.4 Å². The molecule has 0 aliphatic carbocycles. The standard InChI is InChI=1S/C17H19Br2NO.ClH/c18-13-5-6-15-12(11-13)4-7-16(17(15)19)21-10-8-14-3-1-2-9-20-14;/h4-7,11,14,20H,1-3,8-10H2;1H. The molecule has 2 nitrogen and oxygen atoms in total. The van der Waals surface area contributed by atoms with Crippen LogP contribution in [-0.2, 0) is 0 Å². The highest BCUT2D eigenvalue weighted by molar-refractivity contribution is 9.11. The predicted molar refractivity (Wildman–Crippen MR) is 102 cm³/mol. The summed E-state index contributed by atoms with van der Waals surface area (Å²) in [4.78, 5) is 0. The second-order valence-corrected chi connectivity index (χ2v) is 7.24. The van der Waals surface area contributed by atoms with Crippen LogP contribution < -0.4 is 10.1 Å². The summed E-state index contributed by atoms with van der Waals surface area (Å²) in [5.74, 6) is 0.931. The number of ether oxygens (including phenoxy) is 1. The molecular formula is C17H20Br2ClNO. The lowest BCUT2D eigenvalue weighted by Crippen LogP contribution is -2.35. The maximum Gasteiger partial charge on any atom is 0.134 e. The van der Waals surface area contributed by atoms with Crippen molar-refractivity contribution in [2.75, 3.05) is 13.2 Å². The van der Waals surface area contributed by atoms with Gasteiger partial charge in [0.1, 0.15) is 5.75 Å². The molecular weight excluding hydrogens is 429 g/mol. The summed E-state index contributed by atoms with van der Waals surface area (Å²) in [5, 5.41) is 5.95. The summed E-state index contributed by atoms with van der Waals surface area (Å²) in [5.41, 5.74) is 0. The van der Waals surface area contributed by atoms with Gasteiger partial charge in [-0.05, 0) is 70.7 Å². The molecule has 2 aromatic carbocycles. The fourth-order valence-electron chi connectivity index (χ4n) is 2.84. The van der Waals surface area contributed by atoms with E-state index in [1.54, 1.807) is 0 Å². The van der Waals surface area contributed by atoms with E-state index in [1.807, 2.05) is 6.07 Å². The molecule has 5 heteroatoms. The Morgan fingerprint density at radius 3 is 2.77 bits per heavy atom. The first kappa shape index (κ1) is 18.1. The van der Waals surface area contributed by atoms with Gasteiger partial charge in [0.15, 0.2) is 0 Å². The average Bonchev–Trinajstić information content (AvgIpc) is 2.50. The fourth-order valence-corrected chi connectivity index (χ4v) is 3.82. The Morgan fingerprint density at radius 2 is 2.00 bits per heavy atom. The Bertz CT molecular complexity index is 629. The van der Waals surface area contributed by atoms with Gasteiger partial charge < -0.3 is 10.1 Å². The van der Waals surface area contributed by atoms with Crippen molar-refractivity contribution >= 4 is 55.0 Å². The lowest BCUT2D eigenvalue weighted by atomic mass is 10.0. The van der Waals surface area contributed by atoms with Crippen LogP contribution in [0, 0.1) is 0 Å². The van der Waals surface area contributed by atoms with E-state index in [0.29, 0.717) is 6.04 Å². The zero-order valence-electron chi connectivity index (χ0n) is 12.3. The monoisotopic (exact) mass is 447 g/mol. The molecule has 1 heterocycles. The number of halogens is 3. The fraction of sp³-hybridized carbons (Fsp3) is 0.412. The van der Waals surface area contributed by atoms with Crippen LogP contribution in [0.5, 0.6) is 5.75 Å². The van der Waals surface area contributed by atoms with Gasteiger partial charge >= 0.3 is 0 Å². The first-order chi connectivity index (χ1) is 10.2. The molecule has 1 unspecified atom stereocenters. The quantitative estimate of drug-likeness (QED) is 0.647. The van der Waals surface area contributed by atoms with E-state index >= 15 is 0 Å². The predicted octanol–water partition coefficient (Wildman–Crippen LogP) is 5.70. The highest BCUT2D eigenvalue weighted by Gasteiger charge is 2.13. The molecule has 1 saturated heterocycles. The molecule has 0 spiro atoms. The van der Waals surface area contributed by atoms with Crippen molar-refractivity contribution in [1.29, 1.82) is 0 Å². The first-order valence-corrected chi connectivity index (χ1v) is 9.06. The van der Waals surface area contributed by atoms with Crippen LogP contribution in [-0.4, -0.2) is 19.2 Å². The molecule has 0 amide bonds. The Kier molecular flexibility index (Phi) is 7.00. The highest BCUT2D eigenvalue weighted by Crippen LogP contribution is 2.34. The van der Waals surface area contributed by atoms with Gasteiger partial charge in [-0.2, -0.15) is 0 Å². The first-order valence-electron chi connectivity index (χ1n) is 7.48. The molecule has 0 saturated carbocycles. The van der Waals surface area contributed by atoms with Crippen LogP contribution in [0.2, 0.25) is 0 Å². The van der Waals surface area contributed by atoms with E-state index in [2.05, 4.69) is 61.4 Å². The van der Waals surface area contributed by atoms with Gasteiger partial charge in [0.05, 0.1) is 11.1 Å². The number of hydrogen-bond acceptors (Lipinski definition) is 2. The van der Waals surface area contributed by atoms with E-state index in [1.165, 1.54) is 30.0 Å². The molecule has 3 rings (SSSR count). The zero-order chi connectivity index (χ0) is 14.7. The Hall–Kier alpha value is -0.290. The van der Waals surface area contributed by atoms with Gasteiger partial charge in [0.2, 0.25) is 0 Å². The number of rotatable bonds is 4. The molecule has 1 aliphatic heterocycles. The second-order valence-electron chi connectivity index (χ2n) is 5.53. The third-order valence-electron chi connectivity index (χ3n) is 4.02. The summed E-state index contributed by atoms with van der Waals surface area (Å²) in [6.07, 6.45) is 5.00. The van der Waals surface area contributed by atoms with Crippen molar-refractivity contribution in [2.45, 2.75) is 31.7 Å². The Labute approximate surface area is 154 Å². The largest absolute Gasteiger partial charge is 0.492 e.